The molecule has 114 valence electrons. The Morgan fingerprint density at radius 1 is 1.30 bits per heavy atom. The van der Waals surface area contributed by atoms with Gasteiger partial charge in [-0.15, -0.1) is 0 Å². The van der Waals surface area contributed by atoms with E-state index in [-0.39, 0.29) is 17.5 Å². The number of aromatic nitrogens is 1. The number of nitrogens with zero attached hydrogens (tertiary/aromatic N) is 1. The number of hydrogen-bond acceptors (Lipinski definition) is 2. The zero-order chi connectivity index (χ0) is 15.3. The van der Waals surface area contributed by atoms with E-state index in [0.717, 1.165) is 12.2 Å². The minimum atomic E-state index is 0.0689. The Labute approximate surface area is 122 Å². The lowest BCUT2D eigenvalue weighted by molar-refractivity contribution is -0.122. The number of nitrogens with one attached hydrogen (secondary N) is 2. The van der Waals surface area contributed by atoms with Crippen LogP contribution in [0.25, 0.3) is 0 Å². The van der Waals surface area contributed by atoms with E-state index < -0.39 is 0 Å². The SMILES string of the molecule is CC(C)C(C)NC(=O)Cn1cccc1CNC(C)(C)C. The van der Waals surface area contributed by atoms with Gasteiger partial charge in [-0.25, -0.2) is 0 Å². The maximum atomic E-state index is 12.0. The summed E-state index contributed by atoms with van der Waals surface area (Å²) in [5.74, 6) is 0.519. The summed E-state index contributed by atoms with van der Waals surface area (Å²) in [6.07, 6.45) is 1.96. The van der Waals surface area contributed by atoms with Crippen molar-refractivity contribution in [1.82, 2.24) is 15.2 Å². The molecular formula is C16H29N3O. The monoisotopic (exact) mass is 279 g/mol. The zero-order valence-electron chi connectivity index (χ0n) is 13.7. The van der Waals surface area contributed by atoms with Crippen molar-refractivity contribution < 1.29 is 4.79 Å². The molecule has 1 heterocycles. The van der Waals surface area contributed by atoms with Gasteiger partial charge in [-0.1, -0.05) is 13.8 Å². The molecule has 0 aliphatic rings. The maximum Gasteiger partial charge on any atom is 0.240 e. The molecular weight excluding hydrogens is 250 g/mol. The predicted octanol–water partition coefficient (Wildman–Crippen LogP) is 2.54. The van der Waals surface area contributed by atoms with Crippen molar-refractivity contribution in [1.29, 1.82) is 0 Å². The van der Waals surface area contributed by atoms with Gasteiger partial charge >= 0.3 is 0 Å². The predicted molar refractivity (Wildman–Crippen MR) is 83.5 cm³/mol. The van der Waals surface area contributed by atoms with Gasteiger partial charge in [0.2, 0.25) is 5.91 Å². The Balaban J connectivity index is 2.56. The van der Waals surface area contributed by atoms with Crippen LogP contribution in [0.15, 0.2) is 18.3 Å². The second kappa shape index (κ2) is 6.93. The summed E-state index contributed by atoms with van der Waals surface area (Å²) >= 11 is 0. The second-order valence-corrected chi connectivity index (χ2v) is 6.83. The molecule has 20 heavy (non-hydrogen) atoms. The van der Waals surface area contributed by atoms with Crippen LogP contribution in [0.2, 0.25) is 0 Å². The van der Waals surface area contributed by atoms with Crippen LogP contribution in [0.4, 0.5) is 0 Å². The summed E-state index contributed by atoms with van der Waals surface area (Å²) in [6.45, 7) is 13.8. The highest BCUT2D eigenvalue weighted by molar-refractivity contribution is 5.76. The normalized spacial score (nSPS) is 13.6. The molecule has 0 aromatic carbocycles. The van der Waals surface area contributed by atoms with Crippen LogP contribution >= 0.6 is 0 Å². The summed E-state index contributed by atoms with van der Waals surface area (Å²) < 4.78 is 2.00. The van der Waals surface area contributed by atoms with Crippen molar-refractivity contribution in [2.45, 2.75) is 66.2 Å². The van der Waals surface area contributed by atoms with Gasteiger partial charge in [-0.2, -0.15) is 0 Å². The molecule has 1 atom stereocenters. The number of carbonyl (C=O) groups is 1. The van der Waals surface area contributed by atoms with Gasteiger partial charge < -0.3 is 15.2 Å². The summed E-state index contributed by atoms with van der Waals surface area (Å²) in [5.41, 5.74) is 1.20. The molecule has 1 unspecified atom stereocenters. The van der Waals surface area contributed by atoms with Crippen molar-refractivity contribution in [3.05, 3.63) is 24.0 Å². The molecule has 0 saturated carbocycles. The number of rotatable bonds is 6. The quantitative estimate of drug-likeness (QED) is 0.840. The molecule has 0 bridgehead atoms. The minimum absolute atomic E-state index is 0.0689. The van der Waals surface area contributed by atoms with Crippen molar-refractivity contribution in [2.75, 3.05) is 0 Å². The highest BCUT2D eigenvalue weighted by atomic mass is 16.2. The first-order chi connectivity index (χ1) is 9.19. The fourth-order valence-corrected chi connectivity index (χ4v) is 1.74. The largest absolute Gasteiger partial charge is 0.352 e. The second-order valence-electron chi connectivity index (χ2n) is 6.83. The van der Waals surface area contributed by atoms with E-state index in [1.165, 1.54) is 0 Å². The molecule has 4 nitrogen and oxygen atoms in total. The van der Waals surface area contributed by atoms with Crippen molar-refractivity contribution in [3.8, 4) is 0 Å². The number of hydrogen-bond donors (Lipinski definition) is 2. The molecule has 1 aromatic rings. The Morgan fingerprint density at radius 3 is 2.50 bits per heavy atom. The molecule has 1 aromatic heterocycles. The molecule has 0 fully saturated rings. The average molecular weight is 279 g/mol. The molecule has 2 N–H and O–H groups in total. The Bertz CT molecular complexity index is 429. The average Bonchev–Trinajstić information content (AvgIpc) is 2.72. The van der Waals surface area contributed by atoms with Crippen molar-refractivity contribution >= 4 is 5.91 Å². The van der Waals surface area contributed by atoms with E-state index in [1.54, 1.807) is 0 Å². The minimum Gasteiger partial charge on any atom is -0.352 e. The van der Waals surface area contributed by atoms with E-state index in [2.05, 4.69) is 51.3 Å². The van der Waals surface area contributed by atoms with Crippen molar-refractivity contribution in [2.24, 2.45) is 5.92 Å². The zero-order valence-corrected chi connectivity index (χ0v) is 13.7. The van der Waals surface area contributed by atoms with Gasteiger partial charge in [0.1, 0.15) is 6.54 Å². The molecule has 0 spiro atoms. The number of carbonyl (C=O) groups excluding carboxylic acids is 1. The van der Waals surface area contributed by atoms with E-state index in [9.17, 15) is 4.79 Å². The molecule has 0 aliphatic heterocycles. The van der Waals surface area contributed by atoms with E-state index in [1.807, 2.05) is 23.8 Å². The van der Waals surface area contributed by atoms with Gasteiger partial charge in [0, 0.05) is 30.0 Å². The first-order valence-electron chi connectivity index (χ1n) is 7.37. The van der Waals surface area contributed by atoms with E-state index in [0.29, 0.717) is 12.5 Å². The smallest absolute Gasteiger partial charge is 0.240 e. The summed E-state index contributed by atoms with van der Waals surface area (Å²) in [5, 5.41) is 6.48. The lowest BCUT2D eigenvalue weighted by Crippen LogP contribution is -2.39. The van der Waals surface area contributed by atoms with E-state index >= 15 is 0 Å². The Hall–Kier alpha value is -1.29. The van der Waals surface area contributed by atoms with Crippen LogP contribution in [0.1, 0.15) is 47.2 Å². The molecule has 1 amide bonds. The lowest BCUT2D eigenvalue weighted by Gasteiger charge is -2.22. The first kappa shape index (κ1) is 16.8. The fraction of sp³-hybridized carbons (Fsp3) is 0.688. The lowest BCUT2D eigenvalue weighted by atomic mass is 10.1. The Kier molecular flexibility index (Phi) is 5.81. The topological polar surface area (TPSA) is 46.1 Å². The van der Waals surface area contributed by atoms with Gasteiger partial charge in [0.25, 0.3) is 0 Å². The van der Waals surface area contributed by atoms with Crippen LogP contribution in [0, 0.1) is 5.92 Å². The third kappa shape index (κ3) is 5.78. The highest BCUT2D eigenvalue weighted by Gasteiger charge is 2.13. The van der Waals surface area contributed by atoms with E-state index in [4.69, 9.17) is 0 Å². The number of amides is 1. The summed E-state index contributed by atoms with van der Waals surface area (Å²) in [7, 11) is 0. The van der Waals surface area contributed by atoms with Crippen LogP contribution in [0.5, 0.6) is 0 Å². The fourth-order valence-electron chi connectivity index (χ4n) is 1.74. The third-order valence-electron chi connectivity index (χ3n) is 3.43. The standard InChI is InChI=1S/C16H29N3O/c1-12(2)13(3)18-15(20)11-19-9-7-8-14(19)10-17-16(4,5)6/h7-9,12-13,17H,10-11H2,1-6H3,(H,18,20). The Morgan fingerprint density at radius 2 is 1.95 bits per heavy atom. The van der Waals surface area contributed by atoms with Crippen LogP contribution < -0.4 is 10.6 Å². The van der Waals surface area contributed by atoms with Crippen LogP contribution in [0.3, 0.4) is 0 Å². The summed E-state index contributed by atoms with van der Waals surface area (Å²) in [6, 6.07) is 4.24. The van der Waals surface area contributed by atoms with Crippen LogP contribution in [-0.4, -0.2) is 22.1 Å². The third-order valence-corrected chi connectivity index (χ3v) is 3.43. The van der Waals surface area contributed by atoms with Gasteiger partial charge in [-0.3, -0.25) is 4.79 Å². The van der Waals surface area contributed by atoms with Gasteiger partial charge in [0.15, 0.2) is 0 Å². The van der Waals surface area contributed by atoms with Crippen molar-refractivity contribution in [3.63, 3.8) is 0 Å². The molecule has 0 radical (unpaired) electrons. The highest BCUT2D eigenvalue weighted by Crippen LogP contribution is 2.06. The molecule has 0 aliphatic carbocycles. The van der Waals surface area contributed by atoms with Gasteiger partial charge in [-0.05, 0) is 45.7 Å². The molecule has 4 heteroatoms. The maximum absolute atomic E-state index is 12.0. The molecule has 1 rings (SSSR count). The van der Waals surface area contributed by atoms with Gasteiger partial charge in [0.05, 0.1) is 0 Å². The summed E-state index contributed by atoms with van der Waals surface area (Å²) in [4.78, 5) is 12.0. The first-order valence-corrected chi connectivity index (χ1v) is 7.37. The van der Waals surface area contributed by atoms with Crippen LogP contribution in [-0.2, 0) is 17.9 Å². The molecule has 0 saturated heterocycles.